The van der Waals surface area contributed by atoms with E-state index in [-0.39, 0.29) is 6.10 Å². The van der Waals surface area contributed by atoms with Gasteiger partial charge in [0.1, 0.15) is 0 Å². The van der Waals surface area contributed by atoms with Crippen molar-refractivity contribution in [3.63, 3.8) is 0 Å². The Kier molecular flexibility index (Phi) is 3.05. The second kappa shape index (κ2) is 3.85. The van der Waals surface area contributed by atoms with E-state index in [9.17, 15) is 5.11 Å². The number of aliphatic hydroxyl groups is 1. The normalized spacial score (nSPS) is 13.4. The van der Waals surface area contributed by atoms with Crippen LogP contribution in [0.1, 0.15) is 22.8 Å². The van der Waals surface area contributed by atoms with Crippen molar-refractivity contribution in [1.29, 1.82) is 0 Å². The molecule has 0 fully saturated rings. The summed E-state index contributed by atoms with van der Waals surface area (Å²) < 4.78 is 0. The quantitative estimate of drug-likeness (QED) is 0.720. The Morgan fingerprint density at radius 3 is 2.82 bits per heavy atom. The summed E-state index contributed by atoms with van der Waals surface area (Å²) in [5.41, 5.74) is 5.39. The van der Waals surface area contributed by atoms with E-state index in [0.717, 1.165) is 11.3 Å². The van der Waals surface area contributed by atoms with E-state index in [1.54, 1.807) is 18.3 Å². The van der Waals surface area contributed by atoms with Crippen molar-refractivity contribution < 1.29 is 5.11 Å². The summed E-state index contributed by atoms with van der Waals surface area (Å²) in [7, 11) is 0. The fraction of sp³-hybridized carbons (Fsp3) is 0.500. The van der Waals surface area contributed by atoms with Crippen LogP contribution in [0.3, 0.4) is 0 Å². The summed E-state index contributed by atoms with van der Waals surface area (Å²) in [4.78, 5) is 2.27. The van der Waals surface area contributed by atoms with E-state index in [2.05, 4.69) is 0 Å². The van der Waals surface area contributed by atoms with Crippen LogP contribution in [0, 0.1) is 0 Å². The molecule has 1 aromatic rings. The average molecular weight is 171 g/mol. The Morgan fingerprint density at radius 2 is 2.36 bits per heavy atom. The Morgan fingerprint density at radius 1 is 1.64 bits per heavy atom. The summed E-state index contributed by atoms with van der Waals surface area (Å²) in [5, 5.41) is 9.18. The van der Waals surface area contributed by atoms with E-state index in [4.69, 9.17) is 5.73 Å². The summed E-state index contributed by atoms with van der Waals surface area (Å²) in [6, 6.07) is 3.99. The standard InChI is InChI=1S/C8H13NOS/c1-6(10)8-3-2-7(11-8)4-5-9/h2-3,6,10H,4-5,9H2,1H3. The van der Waals surface area contributed by atoms with Crippen LogP contribution in [-0.2, 0) is 6.42 Å². The molecule has 62 valence electrons. The van der Waals surface area contributed by atoms with Crippen molar-refractivity contribution in [3.05, 3.63) is 21.9 Å². The van der Waals surface area contributed by atoms with Crippen LogP contribution in [0.15, 0.2) is 12.1 Å². The summed E-state index contributed by atoms with van der Waals surface area (Å²) in [5.74, 6) is 0. The second-order valence-corrected chi connectivity index (χ2v) is 3.72. The SMILES string of the molecule is CC(O)c1ccc(CCN)s1. The van der Waals surface area contributed by atoms with Crippen molar-refractivity contribution in [1.82, 2.24) is 0 Å². The molecule has 0 aromatic carbocycles. The molecule has 0 radical (unpaired) electrons. The number of hydrogen-bond donors (Lipinski definition) is 2. The van der Waals surface area contributed by atoms with E-state index >= 15 is 0 Å². The summed E-state index contributed by atoms with van der Waals surface area (Å²) >= 11 is 1.64. The fourth-order valence-corrected chi connectivity index (χ4v) is 1.86. The Bertz CT molecular complexity index is 220. The van der Waals surface area contributed by atoms with Gasteiger partial charge in [-0.3, -0.25) is 0 Å². The number of rotatable bonds is 3. The lowest BCUT2D eigenvalue weighted by Crippen LogP contribution is -2.00. The Balaban J connectivity index is 2.66. The van der Waals surface area contributed by atoms with Gasteiger partial charge in [-0.25, -0.2) is 0 Å². The predicted octanol–water partition coefficient (Wildman–Crippen LogP) is 1.30. The average Bonchev–Trinajstić information content (AvgIpc) is 2.37. The maximum atomic E-state index is 9.18. The third-order valence-corrected chi connectivity index (χ3v) is 2.80. The highest BCUT2D eigenvalue weighted by Crippen LogP contribution is 2.22. The lowest BCUT2D eigenvalue weighted by Gasteiger charge is -1.96. The van der Waals surface area contributed by atoms with Crippen molar-refractivity contribution in [2.75, 3.05) is 6.54 Å². The van der Waals surface area contributed by atoms with Gasteiger partial charge in [0.25, 0.3) is 0 Å². The molecule has 2 nitrogen and oxygen atoms in total. The maximum absolute atomic E-state index is 9.18. The van der Waals surface area contributed by atoms with Gasteiger partial charge in [0.15, 0.2) is 0 Å². The van der Waals surface area contributed by atoms with Gasteiger partial charge in [-0.2, -0.15) is 0 Å². The molecule has 1 unspecified atom stereocenters. The molecule has 3 heteroatoms. The number of hydrogen-bond acceptors (Lipinski definition) is 3. The van der Waals surface area contributed by atoms with Gasteiger partial charge >= 0.3 is 0 Å². The molecule has 0 spiro atoms. The second-order valence-electron chi connectivity index (χ2n) is 2.52. The maximum Gasteiger partial charge on any atom is 0.0854 e. The zero-order chi connectivity index (χ0) is 8.27. The Labute approximate surface area is 70.7 Å². The van der Waals surface area contributed by atoms with Gasteiger partial charge in [0, 0.05) is 9.75 Å². The molecule has 0 saturated heterocycles. The van der Waals surface area contributed by atoms with Gasteiger partial charge in [0.2, 0.25) is 0 Å². The molecule has 1 heterocycles. The molecule has 0 aliphatic heterocycles. The third kappa shape index (κ3) is 2.29. The molecule has 1 atom stereocenters. The molecule has 0 amide bonds. The van der Waals surface area contributed by atoms with Crippen LogP contribution in [0.5, 0.6) is 0 Å². The van der Waals surface area contributed by atoms with Crippen molar-refractivity contribution in [2.24, 2.45) is 5.73 Å². The first-order chi connectivity index (χ1) is 5.24. The summed E-state index contributed by atoms with van der Waals surface area (Å²) in [6.07, 6.45) is 0.573. The zero-order valence-corrected chi connectivity index (χ0v) is 7.40. The van der Waals surface area contributed by atoms with Crippen molar-refractivity contribution >= 4 is 11.3 Å². The minimum absolute atomic E-state index is 0.341. The van der Waals surface area contributed by atoms with Gasteiger partial charge in [-0.05, 0) is 32.0 Å². The molecular formula is C8H13NOS. The predicted molar refractivity (Wildman–Crippen MR) is 47.7 cm³/mol. The van der Waals surface area contributed by atoms with Crippen molar-refractivity contribution in [2.45, 2.75) is 19.4 Å². The Hall–Kier alpha value is -0.380. The molecule has 3 N–H and O–H groups in total. The highest BCUT2D eigenvalue weighted by atomic mass is 32.1. The molecule has 0 aliphatic carbocycles. The van der Waals surface area contributed by atoms with Crippen LogP contribution in [0.2, 0.25) is 0 Å². The van der Waals surface area contributed by atoms with Gasteiger partial charge in [-0.15, -0.1) is 11.3 Å². The first kappa shape index (κ1) is 8.71. The monoisotopic (exact) mass is 171 g/mol. The van der Waals surface area contributed by atoms with E-state index in [1.165, 1.54) is 4.88 Å². The minimum atomic E-state index is -0.341. The van der Waals surface area contributed by atoms with Gasteiger partial charge in [0.05, 0.1) is 6.10 Å². The first-order valence-electron chi connectivity index (χ1n) is 3.70. The van der Waals surface area contributed by atoms with Crippen LogP contribution in [0.4, 0.5) is 0 Å². The molecule has 0 aliphatic rings. The lowest BCUT2D eigenvalue weighted by atomic mass is 10.3. The molecular weight excluding hydrogens is 158 g/mol. The first-order valence-corrected chi connectivity index (χ1v) is 4.52. The fourth-order valence-electron chi connectivity index (χ4n) is 0.896. The van der Waals surface area contributed by atoms with Crippen LogP contribution < -0.4 is 5.73 Å². The van der Waals surface area contributed by atoms with Gasteiger partial charge < -0.3 is 10.8 Å². The molecule has 1 aromatic heterocycles. The van der Waals surface area contributed by atoms with Crippen molar-refractivity contribution in [3.8, 4) is 0 Å². The topological polar surface area (TPSA) is 46.2 Å². The van der Waals surface area contributed by atoms with E-state index < -0.39 is 0 Å². The third-order valence-electron chi connectivity index (χ3n) is 1.48. The smallest absolute Gasteiger partial charge is 0.0854 e. The molecule has 0 saturated carbocycles. The van der Waals surface area contributed by atoms with Crippen LogP contribution >= 0.6 is 11.3 Å². The number of nitrogens with two attached hydrogens (primary N) is 1. The minimum Gasteiger partial charge on any atom is -0.388 e. The van der Waals surface area contributed by atoms with E-state index in [0.29, 0.717) is 6.54 Å². The molecule has 1 rings (SSSR count). The largest absolute Gasteiger partial charge is 0.388 e. The highest BCUT2D eigenvalue weighted by molar-refractivity contribution is 7.12. The van der Waals surface area contributed by atoms with Crippen LogP contribution in [-0.4, -0.2) is 11.7 Å². The van der Waals surface area contributed by atoms with Crippen LogP contribution in [0.25, 0.3) is 0 Å². The molecule has 11 heavy (non-hydrogen) atoms. The molecule has 0 bridgehead atoms. The lowest BCUT2D eigenvalue weighted by molar-refractivity contribution is 0.203. The van der Waals surface area contributed by atoms with E-state index in [1.807, 2.05) is 12.1 Å². The van der Waals surface area contributed by atoms with Gasteiger partial charge in [-0.1, -0.05) is 0 Å². The number of thiophene rings is 1. The number of aliphatic hydroxyl groups excluding tert-OH is 1. The zero-order valence-electron chi connectivity index (χ0n) is 6.58. The summed E-state index contributed by atoms with van der Waals surface area (Å²) in [6.45, 7) is 2.46. The highest BCUT2D eigenvalue weighted by Gasteiger charge is 2.03.